The van der Waals surface area contributed by atoms with Crippen LogP contribution in [0.1, 0.15) is 38.9 Å². The van der Waals surface area contributed by atoms with Gasteiger partial charge in [-0.05, 0) is 27.2 Å². The SMILES string of the molecule is CCn1cc(C2CN(S(=O)(=O)CCC(C)(C)C#N)CCO2)cn1. The molecule has 0 saturated carbocycles. The maximum atomic E-state index is 12.5. The molecule has 1 unspecified atom stereocenters. The molecule has 2 rings (SSSR count). The smallest absolute Gasteiger partial charge is 0.214 e. The standard InChI is InChI=1S/C15H24N4O3S/c1-4-18-10-13(9-17-18)14-11-19(6-7-22-14)23(20,21)8-5-15(2,3)12-16/h9-10,14H,4-8,11H2,1-3H3. The fourth-order valence-electron chi connectivity index (χ4n) is 2.37. The number of hydrogen-bond acceptors (Lipinski definition) is 5. The van der Waals surface area contributed by atoms with Crippen molar-refractivity contribution in [2.75, 3.05) is 25.4 Å². The molecule has 23 heavy (non-hydrogen) atoms. The summed E-state index contributed by atoms with van der Waals surface area (Å²) in [7, 11) is -3.39. The Bertz CT molecular complexity index is 675. The third-order valence-corrected chi connectivity index (χ3v) is 5.90. The predicted molar refractivity (Wildman–Crippen MR) is 86.0 cm³/mol. The summed E-state index contributed by atoms with van der Waals surface area (Å²) >= 11 is 0. The number of sulfonamides is 1. The van der Waals surface area contributed by atoms with Crippen LogP contribution in [0.3, 0.4) is 0 Å². The third kappa shape index (κ3) is 4.53. The zero-order chi connectivity index (χ0) is 17.1. The number of aromatic nitrogens is 2. The van der Waals surface area contributed by atoms with Crippen molar-refractivity contribution in [2.24, 2.45) is 5.41 Å². The van der Waals surface area contributed by atoms with Gasteiger partial charge in [0.2, 0.25) is 10.0 Å². The number of morpholine rings is 1. The molecule has 2 heterocycles. The lowest BCUT2D eigenvalue weighted by molar-refractivity contribution is -0.00263. The van der Waals surface area contributed by atoms with Crippen molar-refractivity contribution in [1.29, 1.82) is 5.26 Å². The number of hydrogen-bond donors (Lipinski definition) is 0. The first-order chi connectivity index (χ1) is 10.8. The topological polar surface area (TPSA) is 88.2 Å². The largest absolute Gasteiger partial charge is 0.371 e. The molecule has 1 aromatic heterocycles. The monoisotopic (exact) mass is 340 g/mol. The highest BCUT2D eigenvalue weighted by molar-refractivity contribution is 7.89. The molecule has 0 aliphatic carbocycles. The van der Waals surface area contributed by atoms with Crippen molar-refractivity contribution in [1.82, 2.24) is 14.1 Å². The van der Waals surface area contributed by atoms with Crippen molar-refractivity contribution >= 4 is 10.0 Å². The highest BCUT2D eigenvalue weighted by Crippen LogP contribution is 2.26. The van der Waals surface area contributed by atoms with Crippen molar-refractivity contribution in [3.8, 4) is 6.07 Å². The van der Waals surface area contributed by atoms with Crippen LogP contribution in [-0.2, 0) is 21.3 Å². The van der Waals surface area contributed by atoms with E-state index in [0.717, 1.165) is 12.1 Å². The normalized spacial score (nSPS) is 20.3. The number of ether oxygens (including phenoxy) is 1. The van der Waals surface area contributed by atoms with E-state index in [2.05, 4.69) is 11.2 Å². The molecule has 128 valence electrons. The van der Waals surface area contributed by atoms with Crippen LogP contribution in [-0.4, -0.2) is 48.0 Å². The maximum Gasteiger partial charge on any atom is 0.214 e. The van der Waals surface area contributed by atoms with Gasteiger partial charge in [0, 0.05) is 31.4 Å². The minimum atomic E-state index is -3.39. The Hall–Kier alpha value is -1.43. The van der Waals surface area contributed by atoms with Gasteiger partial charge in [0.15, 0.2) is 0 Å². The summed E-state index contributed by atoms with van der Waals surface area (Å²) in [6.07, 6.45) is 3.65. The molecule has 7 nitrogen and oxygen atoms in total. The first-order valence-electron chi connectivity index (χ1n) is 7.80. The molecule has 0 amide bonds. The summed E-state index contributed by atoms with van der Waals surface area (Å²) in [5.41, 5.74) is 0.255. The van der Waals surface area contributed by atoms with Gasteiger partial charge >= 0.3 is 0 Å². The second-order valence-electron chi connectivity index (χ2n) is 6.41. The molecule has 1 aliphatic heterocycles. The van der Waals surface area contributed by atoms with Crippen LogP contribution < -0.4 is 0 Å². The maximum absolute atomic E-state index is 12.5. The van der Waals surface area contributed by atoms with Gasteiger partial charge in [-0.2, -0.15) is 14.7 Å². The summed E-state index contributed by atoms with van der Waals surface area (Å²) in [4.78, 5) is 0. The van der Waals surface area contributed by atoms with Crippen molar-refractivity contribution < 1.29 is 13.2 Å². The van der Waals surface area contributed by atoms with Gasteiger partial charge in [0.25, 0.3) is 0 Å². The Morgan fingerprint density at radius 1 is 1.52 bits per heavy atom. The zero-order valence-corrected chi connectivity index (χ0v) is 14.7. The van der Waals surface area contributed by atoms with Crippen LogP contribution in [0.2, 0.25) is 0 Å². The van der Waals surface area contributed by atoms with Gasteiger partial charge < -0.3 is 4.74 Å². The molecular formula is C15H24N4O3S. The lowest BCUT2D eigenvalue weighted by Gasteiger charge is -2.32. The van der Waals surface area contributed by atoms with Crippen molar-refractivity contribution in [3.63, 3.8) is 0 Å². The summed E-state index contributed by atoms with van der Waals surface area (Å²) < 4.78 is 34.0. The van der Waals surface area contributed by atoms with E-state index in [9.17, 15) is 8.42 Å². The minimum absolute atomic E-state index is 0.0193. The van der Waals surface area contributed by atoms with Gasteiger partial charge in [-0.3, -0.25) is 4.68 Å². The van der Waals surface area contributed by atoms with E-state index in [0.29, 0.717) is 26.1 Å². The average Bonchev–Trinajstić information content (AvgIpc) is 3.02. The minimum Gasteiger partial charge on any atom is -0.371 e. The lowest BCUT2D eigenvalue weighted by atomic mass is 9.93. The summed E-state index contributed by atoms with van der Waals surface area (Å²) in [6, 6.07) is 2.14. The zero-order valence-electron chi connectivity index (χ0n) is 13.9. The average molecular weight is 340 g/mol. The first-order valence-corrected chi connectivity index (χ1v) is 9.41. The quantitative estimate of drug-likeness (QED) is 0.784. The van der Waals surface area contributed by atoms with Crippen LogP contribution >= 0.6 is 0 Å². The lowest BCUT2D eigenvalue weighted by Crippen LogP contribution is -2.43. The number of aryl methyl sites for hydroxylation is 1. The number of nitrogens with zero attached hydrogens (tertiary/aromatic N) is 4. The van der Waals surface area contributed by atoms with Gasteiger partial charge in [-0.25, -0.2) is 8.42 Å². The van der Waals surface area contributed by atoms with Gasteiger partial charge in [-0.15, -0.1) is 0 Å². The Labute approximate surface area is 137 Å². The summed E-state index contributed by atoms with van der Waals surface area (Å²) in [6.45, 7) is 7.28. The van der Waals surface area contributed by atoms with E-state index in [1.54, 1.807) is 24.7 Å². The van der Waals surface area contributed by atoms with Gasteiger partial charge in [0.1, 0.15) is 0 Å². The molecule has 0 aromatic carbocycles. The Balaban J connectivity index is 2.03. The van der Waals surface area contributed by atoms with E-state index >= 15 is 0 Å². The second kappa shape index (κ2) is 6.99. The molecule has 1 aliphatic rings. The fourth-order valence-corrected chi connectivity index (χ4v) is 4.11. The Kier molecular flexibility index (Phi) is 5.45. The van der Waals surface area contributed by atoms with Crippen molar-refractivity contribution in [2.45, 2.75) is 39.8 Å². The molecule has 1 atom stereocenters. The molecule has 8 heteroatoms. The highest BCUT2D eigenvalue weighted by atomic mass is 32.2. The molecular weight excluding hydrogens is 316 g/mol. The first kappa shape index (κ1) is 17.9. The van der Waals surface area contributed by atoms with E-state index in [1.807, 2.05) is 13.1 Å². The molecule has 0 radical (unpaired) electrons. The van der Waals surface area contributed by atoms with E-state index in [1.165, 1.54) is 4.31 Å². The molecule has 0 N–H and O–H groups in total. The summed E-state index contributed by atoms with van der Waals surface area (Å²) in [5.74, 6) is -0.0193. The van der Waals surface area contributed by atoms with Crippen molar-refractivity contribution in [3.05, 3.63) is 18.0 Å². The number of rotatable bonds is 6. The van der Waals surface area contributed by atoms with Crippen LogP contribution in [0, 0.1) is 16.7 Å². The van der Waals surface area contributed by atoms with E-state index < -0.39 is 15.4 Å². The van der Waals surface area contributed by atoms with Crippen LogP contribution in [0.25, 0.3) is 0 Å². The van der Waals surface area contributed by atoms with Crippen LogP contribution in [0.15, 0.2) is 12.4 Å². The molecule has 1 aromatic rings. The van der Waals surface area contributed by atoms with Gasteiger partial charge in [-0.1, -0.05) is 0 Å². The fraction of sp³-hybridized carbons (Fsp3) is 0.733. The van der Waals surface area contributed by atoms with Gasteiger partial charge in [0.05, 0.1) is 36.1 Å². The molecule has 1 fully saturated rings. The predicted octanol–water partition coefficient (Wildman–Crippen LogP) is 1.55. The molecule has 0 spiro atoms. The highest BCUT2D eigenvalue weighted by Gasteiger charge is 2.32. The Morgan fingerprint density at radius 3 is 2.87 bits per heavy atom. The third-order valence-electron chi connectivity index (χ3n) is 4.06. The van der Waals surface area contributed by atoms with Crippen LogP contribution in [0.4, 0.5) is 0 Å². The van der Waals surface area contributed by atoms with Crippen LogP contribution in [0.5, 0.6) is 0 Å². The van der Waals surface area contributed by atoms with E-state index in [-0.39, 0.29) is 11.9 Å². The Morgan fingerprint density at radius 2 is 2.26 bits per heavy atom. The number of nitriles is 1. The van der Waals surface area contributed by atoms with E-state index in [4.69, 9.17) is 10.00 Å². The summed E-state index contributed by atoms with van der Waals surface area (Å²) in [5, 5.41) is 13.2. The molecule has 0 bridgehead atoms. The molecule has 1 saturated heterocycles. The second-order valence-corrected chi connectivity index (χ2v) is 8.50.